The number of halogens is 1. The van der Waals surface area contributed by atoms with E-state index >= 15 is 0 Å². The molecule has 0 spiro atoms. The first-order chi connectivity index (χ1) is 5.31. The van der Waals surface area contributed by atoms with Crippen LogP contribution in [-0.4, -0.2) is 32.2 Å². The third-order valence-corrected chi connectivity index (χ3v) is 1.58. The summed E-state index contributed by atoms with van der Waals surface area (Å²) in [6, 6.07) is 0. The van der Waals surface area contributed by atoms with Gasteiger partial charge in [0.05, 0.1) is 7.18 Å². The highest BCUT2D eigenvalue weighted by molar-refractivity contribution is 4.61. The van der Waals surface area contributed by atoms with E-state index in [0.717, 1.165) is 0 Å². The molecule has 2 heteroatoms. The van der Waals surface area contributed by atoms with Crippen molar-refractivity contribution in [2.45, 2.75) is 33.1 Å². The van der Waals surface area contributed by atoms with Crippen LogP contribution in [0.15, 0.2) is 0 Å². The second kappa shape index (κ2) is 12.6. The Hall–Kier alpha value is -0.110. The van der Waals surface area contributed by atoms with Crippen LogP contribution in [0.25, 0.3) is 0 Å². The molecule has 0 amide bonds. The number of likely N-dealkylation sites (tertiary alicyclic amines) is 1. The fraction of sp³-hybridized carbons (Fsp3) is 1.00. The van der Waals surface area contributed by atoms with E-state index in [0.29, 0.717) is 7.18 Å². The molecule has 70 valence electrons. The Morgan fingerprint density at radius 3 is 1.36 bits per heavy atom. The molecule has 0 aromatic rings. The molecule has 1 fully saturated rings. The summed E-state index contributed by atoms with van der Waals surface area (Å²) >= 11 is 0. The molecule has 0 atom stereocenters. The van der Waals surface area contributed by atoms with E-state index in [1.807, 2.05) is 0 Å². The van der Waals surface area contributed by atoms with E-state index in [1.165, 1.54) is 32.4 Å². The van der Waals surface area contributed by atoms with E-state index in [4.69, 9.17) is 0 Å². The van der Waals surface area contributed by atoms with Crippen molar-refractivity contribution in [3.8, 4) is 0 Å². The van der Waals surface area contributed by atoms with Gasteiger partial charge in [0, 0.05) is 0 Å². The highest BCUT2D eigenvalue weighted by Crippen LogP contribution is 1.98. The Balaban J connectivity index is 0. The number of nitrogens with zero attached hydrogens (tertiary/aromatic N) is 1. The first-order valence-corrected chi connectivity index (χ1v) is 4.37. The van der Waals surface area contributed by atoms with Gasteiger partial charge in [-0.2, -0.15) is 0 Å². The van der Waals surface area contributed by atoms with Gasteiger partial charge in [-0.3, -0.25) is 4.39 Å². The zero-order valence-electron chi connectivity index (χ0n) is 8.36. The topological polar surface area (TPSA) is 3.24 Å². The molecule has 1 aliphatic rings. The van der Waals surface area contributed by atoms with Gasteiger partial charge in [0.2, 0.25) is 0 Å². The van der Waals surface area contributed by atoms with E-state index < -0.39 is 0 Å². The van der Waals surface area contributed by atoms with Crippen LogP contribution in [-0.2, 0) is 0 Å². The molecule has 1 aliphatic heterocycles. The van der Waals surface area contributed by atoms with Crippen LogP contribution in [0, 0.1) is 0 Å². The van der Waals surface area contributed by atoms with Crippen LogP contribution in [0.3, 0.4) is 0 Å². The normalized spacial score (nSPS) is 15.0. The van der Waals surface area contributed by atoms with E-state index in [9.17, 15) is 4.39 Å². The van der Waals surface area contributed by atoms with Crippen LogP contribution in [0.5, 0.6) is 0 Å². The predicted molar refractivity (Wildman–Crippen MR) is 49.7 cm³/mol. The minimum Gasteiger partial charge on any atom is -0.306 e. The SMILES string of the molecule is CCCC.CF.CN1CCC1. The summed E-state index contributed by atoms with van der Waals surface area (Å²) in [5.74, 6) is 0. The summed E-state index contributed by atoms with van der Waals surface area (Å²) in [7, 11) is 2.64. The lowest BCUT2D eigenvalue weighted by Crippen LogP contribution is -2.32. The van der Waals surface area contributed by atoms with Crippen LogP contribution in [0.2, 0.25) is 0 Å². The standard InChI is InChI=1S/C4H9N.C4H10.CH3F/c1-5-3-2-4-5;1-3-4-2;1-2/h2-4H2,1H3;3-4H2,1-2H3;1H3. The summed E-state index contributed by atoms with van der Waals surface area (Å²) in [5, 5.41) is 0. The monoisotopic (exact) mass is 163 g/mol. The van der Waals surface area contributed by atoms with Crippen molar-refractivity contribution in [3.05, 3.63) is 0 Å². The second-order valence-corrected chi connectivity index (χ2v) is 2.66. The summed E-state index contributed by atoms with van der Waals surface area (Å²) in [4.78, 5) is 2.31. The zero-order chi connectivity index (χ0) is 9.11. The summed E-state index contributed by atoms with van der Waals surface area (Å²) in [6.45, 7) is 7.00. The van der Waals surface area contributed by atoms with Crippen molar-refractivity contribution in [2.24, 2.45) is 0 Å². The van der Waals surface area contributed by atoms with E-state index in [-0.39, 0.29) is 0 Å². The predicted octanol–water partition coefficient (Wildman–Crippen LogP) is 2.71. The lowest BCUT2D eigenvalue weighted by Gasteiger charge is -2.24. The lowest BCUT2D eigenvalue weighted by molar-refractivity contribution is 0.229. The molecule has 0 unspecified atom stereocenters. The molecule has 0 saturated carbocycles. The van der Waals surface area contributed by atoms with E-state index in [2.05, 4.69) is 25.8 Å². The van der Waals surface area contributed by atoms with Crippen molar-refractivity contribution in [2.75, 3.05) is 27.3 Å². The van der Waals surface area contributed by atoms with Crippen molar-refractivity contribution < 1.29 is 4.39 Å². The second-order valence-electron chi connectivity index (χ2n) is 2.66. The molecular weight excluding hydrogens is 141 g/mol. The fourth-order valence-electron chi connectivity index (χ4n) is 0.474. The van der Waals surface area contributed by atoms with E-state index in [1.54, 1.807) is 0 Å². The molecule has 0 bridgehead atoms. The Kier molecular flexibility index (Phi) is 15.4. The molecule has 1 nitrogen and oxygen atoms in total. The lowest BCUT2D eigenvalue weighted by atomic mass is 10.3. The molecule has 1 heterocycles. The quantitative estimate of drug-likeness (QED) is 0.574. The average molecular weight is 163 g/mol. The maximum absolute atomic E-state index is 9.50. The summed E-state index contributed by atoms with van der Waals surface area (Å²) < 4.78 is 9.50. The number of alkyl halides is 1. The Morgan fingerprint density at radius 1 is 1.09 bits per heavy atom. The molecule has 0 aliphatic carbocycles. The highest BCUT2D eigenvalue weighted by atomic mass is 19.1. The largest absolute Gasteiger partial charge is 0.306 e. The average Bonchev–Trinajstić information content (AvgIpc) is 2.05. The highest BCUT2D eigenvalue weighted by Gasteiger charge is 2.04. The molecule has 1 saturated heterocycles. The van der Waals surface area contributed by atoms with Crippen LogP contribution in [0.1, 0.15) is 33.1 Å². The smallest absolute Gasteiger partial charge is 0.0785 e. The van der Waals surface area contributed by atoms with Crippen LogP contribution < -0.4 is 0 Å². The number of hydrogen-bond acceptors (Lipinski definition) is 1. The molecule has 11 heavy (non-hydrogen) atoms. The number of unbranched alkanes of at least 4 members (excludes halogenated alkanes) is 1. The maximum Gasteiger partial charge on any atom is 0.0785 e. The Morgan fingerprint density at radius 2 is 1.36 bits per heavy atom. The minimum atomic E-state index is 0.500. The minimum absolute atomic E-state index is 0.500. The fourth-order valence-corrected chi connectivity index (χ4v) is 0.474. The Bertz CT molecular complexity index is 51.5. The Labute approximate surface area is 70.6 Å². The van der Waals surface area contributed by atoms with Gasteiger partial charge in [-0.15, -0.1) is 0 Å². The number of hydrogen-bond donors (Lipinski definition) is 0. The molecular formula is C9H22FN. The number of rotatable bonds is 1. The van der Waals surface area contributed by atoms with Gasteiger partial charge in [-0.05, 0) is 26.6 Å². The molecule has 0 radical (unpaired) electrons. The van der Waals surface area contributed by atoms with Gasteiger partial charge < -0.3 is 4.90 Å². The summed E-state index contributed by atoms with van der Waals surface area (Å²) in [5.41, 5.74) is 0. The maximum atomic E-state index is 9.50. The first kappa shape index (κ1) is 13.5. The molecule has 1 rings (SSSR count). The van der Waals surface area contributed by atoms with Crippen molar-refractivity contribution in [1.82, 2.24) is 4.90 Å². The van der Waals surface area contributed by atoms with Gasteiger partial charge in [0.1, 0.15) is 0 Å². The first-order valence-electron chi connectivity index (χ1n) is 4.37. The molecule has 0 N–H and O–H groups in total. The van der Waals surface area contributed by atoms with Gasteiger partial charge in [-0.1, -0.05) is 26.7 Å². The van der Waals surface area contributed by atoms with Gasteiger partial charge in [0.25, 0.3) is 0 Å². The third kappa shape index (κ3) is 13.0. The molecule has 0 aromatic heterocycles. The van der Waals surface area contributed by atoms with Crippen LogP contribution in [0.4, 0.5) is 4.39 Å². The summed E-state index contributed by atoms with van der Waals surface area (Å²) in [6.07, 6.45) is 4.05. The van der Waals surface area contributed by atoms with Crippen molar-refractivity contribution in [1.29, 1.82) is 0 Å². The zero-order valence-corrected chi connectivity index (χ0v) is 8.36. The van der Waals surface area contributed by atoms with Gasteiger partial charge >= 0.3 is 0 Å². The van der Waals surface area contributed by atoms with Crippen LogP contribution >= 0.6 is 0 Å². The van der Waals surface area contributed by atoms with Crippen molar-refractivity contribution >= 4 is 0 Å². The van der Waals surface area contributed by atoms with Gasteiger partial charge in [-0.25, -0.2) is 0 Å². The van der Waals surface area contributed by atoms with Gasteiger partial charge in [0.15, 0.2) is 0 Å². The van der Waals surface area contributed by atoms with Crippen molar-refractivity contribution in [3.63, 3.8) is 0 Å². The molecule has 0 aromatic carbocycles. The third-order valence-electron chi connectivity index (χ3n) is 1.58.